The second-order valence-corrected chi connectivity index (χ2v) is 8.05. The van der Waals surface area contributed by atoms with E-state index in [2.05, 4.69) is 19.2 Å². The van der Waals surface area contributed by atoms with Crippen molar-refractivity contribution >= 4 is 17.8 Å². The Morgan fingerprint density at radius 3 is 2.31 bits per heavy atom. The van der Waals surface area contributed by atoms with Gasteiger partial charge in [-0.25, -0.2) is 0 Å². The van der Waals surface area contributed by atoms with Crippen LogP contribution in [0, 0.1) is 5.92 Å². The molecule has 0 radical (unpaired) electrons. The summed E-state index contributed by atoms with van der Waals surface area (Å²) in [6.45, 7) is 4.41. The van der Waals surface area contributed by atoms with E-state index in [9.17, 15) is 14.4 Å². The Hall–Kier alpha value is -2.57. The molecule has 1 aliphatic carbocycles. The molecular weight excluding hydrogens is 372 g/mol. The van der Waals surface area contributed by atoms with Gasteiger partial charge < -0.3 is 19.7 Å². The van der Waals surface area contributed by atoms with Gasteiger partial charge in [0, 0.05) is 17.6 Å². The highest BCUT2D eigenvalue weighted by Gasteiger charge is 2.29. The van der Waals surface area contributed by atoms with Gasteiger partial charge in [-0.15, -0.1) is 0 Å². The molecule has 0 spiro atoms. The molecule has 1 aromatic carbocycles. The highest BCUT2D eigenvalue weighted by Crippen LogP contribution is 2.28. The van der Waals surface area contributed by atoms with Crippen LogP contribution >= 0.6 is 0 Å². The van der Waals surface area contributed by atoms with Gasteiger partial charge in [0.1, 0.15) is 12.3 Å². The Morgan fingerprint density at radius 2 is 1.69 bits per heavy atom. The summed E-state index contributed by atoms with van der Waals surface area (Å²) in [7, 11) is 0. The maximum absolute atomic E-state index is 12.5. The molecule has 7 nitrogen and oxygen atoms in total. The zero-order valence-electron chi connectivity index (χ0n) is 17.2. The molecule has 1 saturated carbocycles. The van der Waals surface area contributed by atoms with Crippen molar-refractivity contribution in [3.63, 3.8) is 0 Å². The minimum atomic E-state index is -0.426. The molecule has 2 fully saturated rings. The van der Waals surface area contributed by atoms with Crippen molar-refractivity contribution in [1.29, 1.82) is 0 Å². The number of likely N-dealkylation sites (tertiary alicyclic amines) is 1. The number of benzene rings is 1. The molecule has 1 N–H and O–H groups in total. The summed E-state index contributed by atoms with van der Waals surface area (Å²) in [5, 5.41) is 2.55. The number of carbonyl (C=O) groups is 3. The van der Waals surface area contributed by atoms with Gasteiger partial charge in [0.05, 0.1) is 6.61 Å². The van der Waals surface area contributed by atoms with E-state index in [1.807, 2.05) is 4.90 Å². The van der Waals surface area contributed by atoms with Crippen LogP contribution in [0.25, 0.3) is 0 Å². The highest BCUT2D eigenvalue weighted by atomic mass is 16.5. The van der Waals surface area contributed by atoms with Gasteiger partial charge in [0.15, 0.2) is 6.61 Å². The number of nitrogens with zero attached hydrogens (tertiary/aromatic N) is 1. The van der Waals surface area contributed by atoms with Crippen LogP contribution in [-0.4, -0.2) is 54.5 Å². The minimum Gasteiger partial charge on any atom is -0.484 e. The van der Waals surface area contributed by atoms with Gasteiger partial charge in [-0.3, -0.25) is 14.4 Å². The number of carbonyl (C=O) groups excluding carboxylic acids is 3. The minimum absolute atomic E-state index is 0.0174. The molecular formula is C22H30N2O5. The first-order chi connectivity index (χ1) is 13.9. The Labute approximate surface area is 171 Å². The van der Waals surface area contributed by atoms with E-state index in [-0.39, 0.29) is 37.0 Å². The number of piperidine rings is 1. The molecule has 1 aromatic rings. The lowest BCUT2D eigenvalue weighted by Crippen LogP contribution is -2.49. The Bertz CT molecular complexity index is 719. The Kier molecular flexibility index (Phi) is 7.12. The van der Waals surface area contributed by atoms with E-state index in [0.717, 1.165) is 32.1 Å². The molecule has 1 heterocycles. The van der Waals surface area contributed by atoms with Crippen molar-refractivity contribution in [2.45, 2.75) is 58.0 Å². The molecule has 2 unspecified atom stereocenters. The first-order valence-corrected chi connectivity index (χ1v) is 10.4. The number of esters is 1. The Balaban J connectivity index is 1.42. The van der Waals surface area contributed by atoms with Crippen molar-refractivity contribution < 1.29 is 23.9 Å². The molecule has 0 aromatic heterocycles. The summed E-state index contributed by atoms with van der Waals surface area (Å²) < 4.78 is 10.7. The molecule has 3 rings (SSSR count). The summed E-state index contributed by atoms with van der Waals surface area (Å²) >= 11 is 0. The SMILES string of the molecule is CC1CCCC(C)N1C(=O)COc1ccc(C(=O)NCC(=O)OCC2CC2)cc1. The van der Waals surface area contributed by atoms with Crippen molar-refractivity contribution in [3.05, 3.63) is 29.8 Å². The average Bonchev–Trinajstić information content (AvgIpc) is 3.53. The summed E-state index contributed by atoms with van der Waals surface area (Å²) in [6.07, 6.45) is 5.41. The number of nitrogens with one attached hydrogen (secondary N) is 1. The molecule has 1 saturated heterocycles. The van der Waals surface area contributed by atoms with Gasteiger partial charge in [0.2, 0.25) is 0 Å². The largest absolute Gasteiger partial charge is 0.484 e. The summed E-state index contributed by atoms with van der Waals surface area (Å²) in [5.74, 6) is 0.222. The predicted molar refractivity (Wildman–Crippen MR) is 108 cm³/mol. The zero-order valence-corrected chi connectivity index (χ0v) is 17.2. The number of ether oxygens (including phenoxy) is 2. The number of hydrogen-bond acceptors (Lipinski definition) is 5. The maximum Gasteiger partial charge on any atom is 0.325 e. The van der Waals surface area contributed by atoms with E-state index >= 15 is 0 Å². The third-order valence-electron chi connectivity index (χ3n) is 5.53. The lowest BCUT2D eigenvalue weighted by atomic mass is 9.97. The van der Waals surface area contributed by atoms with E-state index in [0.29, 0.717) is 23.8 Å². The third kappa shape index (κ3) is 6.21. The van der Waals surface area contributed by atoms with Crippen molar-refractivity contribution in [1.82, 2.24) is 10.2 Å². The lowest BCUT2D eigenvalue weighted by molar-refractivity contribution is -0.143. The normalized spacial score (nSPS) is 21.4. The first kappa shape index (κ1) is 21.1. The second kappa shape index (κ2) is 9.76. The van der Waals surface area contributed by atoms with Crippen molar-refractivity contribution in [2.75, 3.05) is 19.8 Å². The van der Waals surface area contributed by atoms with Gasteiger partial charge in [0.25, 0.3) is 11.8 Å². The van der Waals surface area contributed by atoms with Crippen molar-refractivity contribution in [2.24, 2.45) is 5.92 Å². The number of amides is 2. The van der Waals surface area contributed by atoms with Crippen LogP contribution in [0.4, 0.5) is 0 Å². The first-order valence-electron chi connectivity index (χ1n) is 10.4. The van der Waals surface area contributed by atoms with Gasteiger partial charge in [-0.05, 0) is 76.1 Å². The quantitative estimate of drug-likeness (QED) is 0.676. The summed E-state index contributed by atoms with van der Waals surface area (Å²) in [4.78, 5) is 38.2. The molecule has 2 atom stereocenters. The van der Waals surface area contributed by atoms with Crippen LogP contribution in [0.5, 0.6) is 5.75 Å². The van der Waals surface area contributed by atoms with Crippen LogP contribution in [0.1, 0.15) is 56.3 Å². The van der Waals surface area contributed by atoms with Gasteiger partial charge in [-0.2, -0.15) is 0 Å². The maximum atomic E-state index is 12.5. The van der Waals surface area contributed by atoms with Crippen LogP contribution < -0.4 is 10.1 Å². The van der Waals surface area contributed by atoms with Gasteiger partial charge in [-0.1, -0.05) is 0 Å². The second-order valence-electron chi connectivity index (χ2n) is 8.05. The van der Waals surface area contributed by atoms with Crippen LogP contribution in [0.2, 0.25) is 0 Å². The molecule has 158 valence electrons. The van der Waals surface area contributed by atoms with E-state index < -0.39 is 5.97 Å². The van der Waals surface area contributed by atoms with E-state index in [1.54, 1.807) is 24.3 Å². The average molecular weight is 402 g/mol. The van der Waals surface area contributed by atoms with Crippen LogP contribution in [0.3, 0.4) is 0 Å². The number of rotatable bonds is 8. The monoisotopic (exact) mass is 402 g/mol. The fraction of sp³-hybridized carbons (Fsp3) is 0.591. The van der Waals surface area contributed by atoms with Crippen molar-refractivity contribution in [3.8, 4) is 5.75 Å². The molecule has 7 heteroatoms. The predicted octanol–water partition coefficient (Wildman–Crippen LogP) is 2.54. The molecule has 0 bridgehead atoms. The fourth-order valence-electron chi connectivity index (χ4n) is 3.64. The Morgan fingerprint density at radius 1 is 1.03 bits per heavy atom. The molecule has 2 amide bonds. The van der Waals surface area contributed by atoms with Crippen LogP contribution in [-0.2, 0) is 14.3 Å². The van der Waals surface area contributed by atoms with E-state index in [4.69, 9.17) is 9.47 Å². The fourth-order valence-corrected chi connectivity index (χ4v) is 3.64. The molecule has 1 aliphatic heterocycles. The summed E-state index contributed by atoms with van der Waals surface area (Å²) in [6, 6.07) is 6.98. The lowest BCUT2D eigenvalue weighted by Gasteiger charge is -2.38. The highest BCUT2D eigenvalue weighted by molar-refractivity contribution is 5.96. The van der Waals surface area contributed by atoms with Crippen LogP contribution in [0.15, 0.2) is 24.3 Å². The smallest absolute Gasteiger partial charge is 0.325 e. The molecule has 2 aliphatic rings. The number of hydrogen-bond donors (Lipinski definition) is 1. The third-order valence-corrected chi connectivity index (χ3v) is 5.53. The standard InChI is InChI=1S/C22H30N2O5/c1-15-4-3-5-16(2)24(15)20(25)14-28-19-10-8-18(9-11-19)22(27)23-12-21(26)29-13-17-6-7-17/h8-11,15-17H,3-7,12-14H2,1-2H3,(H,23,27). The molecule has 29 heavy (non-hydrogen) atoms. The summed E-state index contributed by atoms with van der Waals surface area (Å²) in [5.41, 5.74) is 0.414. The topological polar surface area (TPSA) is 84.9 Å². The van der Waals surface area contributed by atoms with Gasteiger partial charge >= 0.3 is 5.97 Å². The zero-order chi connectivity index (χ0) is 20.8. The van der Waals surface area contributed by atoms with E-state index in [1.165, 1.54) is 0 Å².